The molecule has 0 spiro atoms. The van der Waals surface area contributed by atoms with Crippen LogP contribution < -0.4 is 10.4 Å². The van der Waals surface area contributed by atoms with E-state index in [4.69, 9.17) is 4.99 Å². The Kier molecular flexibility index (Phi) is 11.1. The number of hydrogen-bond donors (Lipinski definition) is 0. The van der Waals surface area contributed by atoms with Crippen molar-refractivity contribution in [2.75, 3.05) is 0 Å². The molecule has 3 aromatic rings. The second kappa shape index (κ2) is 15.8. The average molecular weight is 612 g/mol. The molecule has 6 rings (SSSR count). The van der Waals surface area contributed by atoms with Crippen LogP contribution in [0, 0.1) is 11.8 Å². The molecule has 2 heterocycles. The van der Waals surface area contributed by atoms with Crippen molar-refractivity contribution in [1.82, 2.24) is 0 Å². The number of nitrogens with zero attached hydrogens (tertiary/aromatic N) is 1. The van der Waals surface area contributed by atoms with Crippen molar-refractivity contribution in [2.45, 2.75) is 33.2 Å². The van der Waals surface area contributed by atoms with E-state index in [1.807, 2.05) is 24.4 Å². The zero-order valence-corrected chi connectivity index (χ0v) is 27.9. The third-order valence-corrected chi connectivity index (χ3v) is 8.97. The van der Waals surface area contributed by atoms with E-state index in [2.05, 4.69) is 168 Å². The molecule has 234 valence electrons. The second-order valence-electron chi connectivity index (χ2n) is 12.0. The molecule has 0 radical (unpaired) electrons. The van der Waals surface area contributed by atoms with E-state index in [-0.39, 0.29) is 12.0 Å². The summed E-state index contributed by atoms with van der Waals surface area (Å²) in [5.41, 5.74) is 8.19. The third-order valence-electron chi connectivity index (χ3n) is 8.97. The molecule has 0 amide bonds. The minimum Gasteiger partial charge on any atom is -0.280 e. The number of benzene rings is 3. The molecule has 1 heteroatoms. The lowest BCUT2D eigenvalue weighted by Crippen LogP contribution is -2.11. The average Bonchev–Trinajstić information content (AvgIpc) is 3.11. The molecule has 0 saturated heterocycles. The van der Waals surface area contributed by atoms with Gasteiger partial charge in [-0.1, -0.05) is 159 Å². The summed E-state index contributed by atoms with van der Waals surface area (Å²) in [6.45, 7) is 19.0. The Balaban J connectivity index is 1.53. The fraction of sp³-hybridized carbons (Fsp3) is 0.152. The summed E-state index contributed by atoms with van der Waals surface area (Å²) >= 11 is 0. The van der Waals surface area contributed by atoms with Gasteiger partial charge in [-0.15, -0.1) is 6.58 Å². The maximum Gasteiger partial charge on any atom is 0.0930 e. The minimum absolute atomic E-state index is 0.00623. The fourth-order valence-corrected chi connectivity index (χ4v) is 6.36. The van der Waals surface area contributed by atoms with Gasteiger partial charge >= 0.3 is 0 Å². The summed E-state index contributed by atoms with van der Waals surface area (Å²) in [4.78, 5) is 5.03. The molecule has 3 atom stereocenters. The van der Waals surface area contributed by atoms with E-state index in [1.165, 1.54) is 27.1 Å². The Hall–Kier alpha value is -5.27. The first kappa shape index (κ1) is 33.1. The van der Waals surface area contributed by atoms with Gasteiger partial charge in [0.25, 0.3) is 0 Å². The Labute approximate surface area is 281 Å². The van der Waals surface area contributed by atoms with Gasteiger partial charge in [0.15, 0.2) is 0 Å². The molecule has 2 aliphatic heterocycles. The SMILES string of the molecule is C=Cc1c(=C)ccc2c(/C=C/C=C\C(=C/C)C3=C(C)/C=C\C4C=CC(=CC4)/C=N/C(c4ccccc4)C=CC/3C=C)cc/c(=C/C)c12. The largest absolute Gasteiger partial charge is 0.280 e. The normalized spacial score (nSPS) is 23.7. The summed E-state index contributed by atoms with van der Waals surface area (Å²) in [6, 6.07) is 19.0. The van der Waals surface area contributed by atoms with Crippen molar-refractivity contribution in [3.63, 3.8) is 0 Å². The van der Waals surface area contributed by atoms with Crippen LogP contribution in [-0.4, -0.2) is 6.21 Å². The van der Waals surface area contributed by atoms with Gasteiger partial charge in [0.2, 0.25) is 0 Å². The van der Waals surface area contributed by atoms with Crippen molar-refractivity contribution < 1.29 is 0 Å². The van der Waals surface area contributed by atoms with Crippen LogP contribution in [0.3, 0.4) is 0 Å². The number of aliphatic imine (C=N–C) groups is 1. The maximum atomic E-state index is 5.03. The van der Waals surface area contributed by atoms with Crippen molar-refractivity contribution >= 4 is 41.8 Å². The molecule has 47 heavy (non-hydrogen) atoms. The number of rotatable bonds is 7. The monoisotopic (exact) mass is 611 g/mol. The lowest BCUT2D eigenvalue weighted by Gasteiger charge is -2.20. The van der Waals surface area contributed by atoms with Crippen LogP contribution in [0.15, 0.2) is 168 Å². The molecule has 0 aromatic heterocycles. The highest BCUT2D eigenvalue weighted by Gasteiger charge is 2.16. The molecule has 0 N–H and O–H groups in total. The van der Waals surface area contributed by atoms with Crippen molar-refractivity contribution in [1.29, 1.82) is 0 Å². The van der Waals surface area contributed by atoms with E-state index < -0.39 is 0 Å². The molecule has 0 saturated carbocycles. The predicted octanol–water partition coefficient (Wildman–Crippen LogP) is 10.8. The van der Waals surface area contributed by atoms with Crippen LogP contribution in [0.25, 0.3) is 35.6 Å². The highest BCUT2D eigenvalue weighted by molar-refractivity contribution is 5.97. The Morgan fingerprint density at radius 3 is 2.40 bits per heavy atom. The molecule has 0 fully saturated rings. The van der Waals surface area contributed by atoms with Crippen LogP contribution in [-0.2, 0) is 0 Å². The van der Waals surface area contributed by atoms with Gasteiger partial charge in [-0.25, -0.2) is 0 Å². The molecule has 3 aromatic carbocycles. The molecule has 3 unspecified atom stereocenters. The van der Waals surface area contributed by atoms with Crippen LogP contribution in [0.4, 0.5) is 0 Å². The first-order valence-corrected chi connectivity index (χ1v) is 16.5. The van der Waals surface area contributed by atoms with Gasteiger partial charge in [0.1, 0.15) is 0 Å². The highest BCUT2D eigenvalue weighted by atomic mass is 14.8. The lowest BCUT2D eigenvalue weighted by molar-refractivity contribution is 0.816. The summed E-state index contributed by atoms with van der Waals surface area (Å²) in [6.07, 6.45) is 35.7. The van der Waals surface area contributed by atoms with Gasteiger partial charge in [0, 0.05) is 12.1 Å². The summed E-state index contributed by atoms with van der Waals surface area (Å²) < 4.78 is 0. The van der Waals surface area contributed by atoms with Gasteiger partial charge in [-0.3, -0.25) is 4.99 Å². The maximum absolute atomic E-state index is 5.03. The smallest absolute Gasteiger partial charge is 0.0930 e. The van der Waals surface area contributed by atoms with Crippen LogP contribution in [0.5, 0.6) is 0 Å². The standard InChI is InChI=1S/C46H45N/c1-7-37(16-14-15-17-40-28-27-39(9-3)46-42(10-4)33(5)21-30-43(40)46)45-34(6)20-22-35-23-25-36(26-24-35)32-47-44(31-29-38(45)8-2)41-18-12-11-13-19-41/h7-23,25-32,35,38,44H,2,4-5,24H2,1,3,6H3/b16-14-,17-15+,22-20-,31-29?,37-7+,39-9-,45-34+,47-32+. The van der Waals surface area contributed by atoms with E-state index in [0.717, 1.165) is 39.5 Å². The summed E-state index contributed by atoms with van der Waals surface area (Å²) in [7, 11) is 0. The van der Waals surface area contributed by atoms with Crippen molar-refractivity contribution in [2.24, 2.45) is 16.8 Å². The quantitative estimate of drug-likeness (QED) is 0.186. The molecular weight excluding hydrogens is 567 g/mol. The first-order chi connectivity index (χ1) is 23.0. The van der Waals surface area contributed by atoms with E-state index in [9.17, 15) is 0 Å². The summed E-state index contributed by atoms with van der Waals surface area (Å²) in [5.74, 6) is 0.362. The van der Waals surface area contributed by atoms with Gasteiger partial charge in [-0.05, 0) is 93.3 Å². The van der Waals surface area contributed by atoms with Crippen LogP contribution in [0.1, 0.15) is 49.9 Å². The fourth-order valence-electron chi connectivity index (χ4n) is 6.36. The van der Waals surface area contributed by atoms with E-state index in [0.29, 0.717) is 5.92 Å². The number of fused-ring (bicyclic) bond motifs is 7. The Morgan fingerprint density at radius 1 is 0.894 bits per heavy atom. The number of allylic oxidation sites excluding steroid dienone is 15. The second-order valence-corrected chi connectivity index (χ2v) is 12.0. The lowest BCUT2D eigenvalue weighted by atomic mass is 9.86. The molecule has 2 bridgehead atoms. The Morgan fingerprint density at radius 2 is 1.70 bits per heavy atom. The third kappa shape index (κ3) is 7.76. The number of hydrogen-bond acceptors (Lipinski definition) is 1. The van der Waals surface area contributed by atoms with Crippen LogP contribution in [0.2, 0.25) is 0 Å². The highest BCUT2D eigenvalue weighted by Crippen LogP contribution is 2.31. The molecular formula is C46H45N. The van der Waals surface area contributed by atoms with Crippen molar-refractivity contribution in [3.8, 4) is 0 Å². The minimum atomic E-state index is -0.0917. The molecule has 1 aliphatic carbocycles. The van der Waals surface area contributed by atoms with Crippen LogP contribution >= 0.6 is 0 Å². The first-order valence-electron chi connectivity index (χ1n) is 16.5. The van der Waals surface area contributed by atoms with Gasteiger partial charge < -0.3 is 0 Å². The topological polar surface area (TPSA) is 12.4 Å². The van der Waals surface area contributed by atoms with Gasteiger partial charge in [0.05, 0.1) is 6.04 Å². The zero-order chi connectivity index (χ0) is 33.2. The molecule has 3 aliphatic rings. The molecule has 1 nitrogen and oxygen atoms in total. The van der Waals surface area contributed by atoms with Crippen molar-refractivity contribution in [3.05, 3.63) is 190 Å². The van der Waals surface area contributed by atoms with E-state index >= 15 is 0 Å². The summed E-state index contributed by atoms with van der Waals surface area (Å²) in [5, 5.41) is 4.57. The zero-order valence-electron chi connectivity index (χ0n) is 27.9. The Bertz CT molecular complexity index is 2030. The van der Waals surface area contributed by atoms with E-state index in [1.54, 1.807) is 0 Å². The van der Waals surface area contributed by atoms with Gasteiger partial charge in [-0.2, -0.15) is 0 Å². The predicted molar refractivity (Wildman–Crippen MR) is 209 cm³/mol.